The number of nitrogen functional groups attached to an aromatic ring is 1. The van der Waals surface area contributed by atoms with Gasteiger partial charge < -0.3 is 16.2 Å². The summed E-state index contributed by atoms with van der Waals surface area (Å²) < 4.78 is 2.41. The molecule has 1 rings (SSSR count). The molecule has 0 saturated heterocycles. The van der Waals surface area contributed by atoms with Gasteiger partial charge in [-0.3, -0.25) is 13.9 Å². The second kappa shape index (κ2) is 6.42. The molecule has 19 heavy (non-hydrogen) atoms. The molecule has 0 aliphatic rings. The maximum Gasteiger partial charge on any atom is 0.332 e. The van der Waals surface area contributed by atoms with E-state index in [1.807, 2.05) is 6.92 Å². The van der Waals surface area contributed by atoms with Crippen LogP contribution in [-0.4, -0.2) is 26.9 Å². The second-order valence-electron chi connectivity index (χ2n) is 4.64. The standard InChI is InChI=1S/C12H22N4O3/c1-4-5-6-16-10(13)9(14-8(2)7-17)11(18)15(3)12(16)19/h8,14,17H,4-7,13H2,1-3H3. The Bertz CT molecular complexity index is 547. The highest BCUT2D eigenvalue weighted by Gasteiger charge is 2.16. The minimum absolute atomic E-state index is 0.127. The van der Waals surface area contributed by atoms with Gasteiger partial charge in [-0.15, -0.1) is 0 Å². The SMILES string of the molecule is CCCCn1c(N)c(NC(C)CO)c(=O)n(C)c1=O. The van der Waals surface area contributed by atoms with Crippen molar-refractivity contribution in [2.24, 2.45) is 7.05 Å². The zero-order valence-electron chi connectivity index (χ0n) is 11.6. The highest BCUT2D eigenvalue weighted by Crippen LogP contribution is 2.12. The molecule has 0 radical (unpaired) electrons. The van der Waals surface area contributed by atoms with Gasteiger partial charge in [-0.25, -0.2) is 4.79 Å². The fraction of sp³-hybridized carbons (Fsp3) is 0.667. The lowest BCUT2D eigenvalue weighted by atomic mass is 10.3. The van der Waals surface area contributed by atoms with Gasteiger partial charge in [0.05, 0.1) is 6.61 Å². The summed E-state index contributed by atoms with van der Waals surface area (Å²) in [5.74, 6) is 0.127. The van der Waals surface area contributed by atoms with E-state index in [0.717, 1.165) is 17.4 Å². The molecule has 1 aromatic heterocycles. The molecule has 0 fully saturated rings. The molecule has 1 heterocycles. The van der Waals surface area contributed by atoms with Crippen LogP contribution >= 0.6 is 0 Å². The zero-order chi connectivity index (χ0) is 14.6. The van der Waals surface area contributed by atoms with Gasteiger partial charge in [-0.2, -0.15) is 0 Å². The molecular weight excluding hydrogens is 248 g/mol. The largest absolute Gasteiger partial charge is 0.394 e. The summed E-state index contributed by atoms with van der Waals surface area (Å²) in [4.78, 5) is 24.0. The van der Waals surface area contributed by atoms with Crippen LogP contribution in [0.5, 0.6) is 0 Å². The lowest BCUT2D eigenvalue weighted by Gasteiger charge is -2.18. The van der Waals surface area contributed by atoms with Crippen LogP contribution in [0.4, 0.5) is 11.5 Å². The Balaban J connectivity index is 3.34. The van der Waals surface area contributed by atoms with Crippen molar-refractivity contribution in [3.05, 3.63) is 20.8 Å². The average molecular weight is 270 g/mol. The van der Waals surface area contributed by atoms with Crippen LogP contribution in [-0.2, 0) is 13.6 Å². The number of aromatic nitrogens is 2. The average Bonchev–Trinajstić information content (AvgIpc) is 2.41. The summed E-state index contributed by atoms with van der Waals surface area (Å²) >= 11 is 0. The van der Waals surface area contributed by atoms with E-state index in [-0.39, 0.29) is 24.2 Å². The Hall–Kier alpha value is -1.76. The first kappa shape index (κ1) is 15.3. The Morgan fingerprint density at radius 3 is 2.58 bits per heavy atom. The molecule has 1 atom stereocenters. The predicted molar refractivity (Wildman–Crippen MR) is 75.4 cm³/mol. The van der Waals surface area contributed by atoms with Crippen LogP contribution in [0.3, 0.4) is 0 Å². The normalized spacial score (nSPS) is 12.4. The fourth-order valence-corrected chi connectivity index (χ4v) is 1.74. The summed E-state index contributed by atoms with van der Waals surface area (Å²) in [5.41, 5.74) is 5.17. The van der Waals surface area contributed by atoms with Crippen LogP contribution < -0.4 is 22.3 Å². The van der Waals surface area contributed by atoms with Gasteiger partial charge in [0.25, 0.3) is 5.56 Å². The summed E-state index contributed by atoms with van der Waals surface area (Å²) in [5, 5.41) is 11.9. The molecule has 108 valence electrons. The van der Waals surface area contributed by atoms with E-state index >= 15 is 0 Å². The first-order valence-corrected chi connectivity index (χ1v) is 6.40. The molecule has 0 spiro atoms. The number of hydrogen-bond acceptors (Lipinski definition) is 5. The van der Waals surface area contributed by atoms with Gasteiger partial charge in [0.15, 0.2) is 0 Å². The molecule has 0 amide bonds. The molecule has 7 heteroatoms. The van der Waals surface area contributed by atoms with E-state index in [0.29, 0.717) is 6.54 Å². The second-order valence-corrected chi connectivity index (χ2v) is 4.64. The molecule has 4 N–H and O–H groups in total. The van der Waals surface area contributed by atoms with Crippen molar-refractivity contribution in [2.75, 3.05) is 17.7 Å². The van der Waals surface area contributed by atoms with Crippen molar-refractivity contribution in [1.82, 2.24) is 9.13 Å². The third kappa shape index (κ3) is 3.17. The third-order valence-electron chi connectivity index (χ3n) is 2.98. The van der Waals surface area contributed by atoms with E-state index < -0.39 is 11.2 Å². The molecule has 7 nitrogen and oxygen atoms in total. The van der Waals surface area contributed by atoms with Crippen molar-refractivity contribution in [3.8, 4) is 0 Å². The van der Waals surface area contributed by atoms with Gasteiger partial charge in [-0.05, 0) is 13.3 Å². The quantitative estimate of drug-likeness (QED) is 0.660. The summed E-state index contributed by atoms with van der Waals surface area (Å²) in [6.07, 6.45) is 1.72. The smallest absolute Gasteiger partial charge is 0.332 e. The number of aliphatic hydroxyl groups excluding tert-OH is 1. The molecule has 0 aliphatic heterocycles. The molecule has 1 unspecified atom stereocenters. The van der Waals surface area contributed by atoms with E-state index in [2.05, 4.69) is 5.32 Å². The monoisotopic (exact) mass is 270 g/mol. The predicted octanol–water partition coefficient (Wildman–Crippen LogP) is -0.278. The lowest BCUT2D eigenvalue weighted by Crippen LogP contribution is -2.41. The Morgan fingerprint density at radius 2 is 2.05 bits per heavy atom. The maximum absolute atomic E-state index is 12.0. The van der Waals surface area contributed by atoms with Gasteiger partial charge in [0, 0.05) is 19.6 Å². The Labute approximate surface area is 111 Å². The zero-order valence-corrected chi connectivity index (χ0v) is 11.6. The lowest BCUT2D eigenvalue weighted by molar-refractivity contribution is 0.281. The topological polar surface area (TPSA) is 102 Å². The number of hydrogen-bond donors (Lipinski definition) is 3. The highest BCUT2D eigenvalue weighted by molar-refractivity contribution is 5.61. The highest BCUT2D eigenvalue weighted by atomic mass is 16.3. The molecule has 0 bridgehead atoms. The van der Waals surface area contributed by atoms with E-state index in [9.17, 15) is 9.59 Å². The molecule has 0 aliphatic carbocycles. The first-order chi connectivity index (χ1) is 8.93. The number of rotatable bonds is 6. The van der Waals surface area contributed by atoms with Crippen molar-refractivity contribution in [2.45, 2.75) is 39.3 Å². The summed E-state index contributed by atoms with van der Waals surface area (Å²) in [6, 6.07) is -0.313. The summed E-state index contributed by atoms with van der Waals surface area (Å²) in [6.45, 7) is 4.07. The van der Waals surface area contributed by atoms with Gasteiger partial charge in [0.2, 0.25) is 0 Å². The molecular formula is C12H22N4O3. The van der Waals surface area contributed by atoms with Crippen LogP contribution in [0.2, 0.25) is 0 Å². The maximum atomic E-state index is 12.0. The number of nitrogens with zero attached hydrogens (tertiary/aromatic N) is 2. The van der Waals surface area contributed by atoms with Crippen LogP contribution in [0.15, 0.2) is 9.59 Å². The number of nitrogens with two attached hydrogens (primary N) is 1. The number of nitrogens with one attached hydrogen (secondary N) is 1. The van der Waals surface area contributed by atoms with E-state index in [1.54, 1.807) is 6.92 Å². The number of anilines is 2. The van der Waals surface area contributed by atoms with E-state index in [1.165, 1.54) is 11.6 Å². The van der Waals surface area contributed by atoms with Gasteiger partial charge in [-0.1, -0.05) is 13.3 Å². The van der Waals surface area contributed by atoms with Gasteiger partial charge >= 0.3 is 5.69 Å². The Morgan fingerprint density at radius 1 is 1.42 bits per heavy atom. The van der Waals surface area contributed by atoms with Crippen LogP contribution in [0, 0.1) is 0 Å². The number of unbranched alkanes of at least 4 members (excludes halogenated alkanes) is 1. The summed E-state index contributed by atoms with van der Waals surface area (Å²) in [7, 11) is 1.42. The molecule has 0 saturated carbocycles. The minimum Gasteiger partial charge on any atom is -0.394 e. The van der Waals surface area contributed by atoms with Crippen LogP contribution in [0.25, 0.3) is 0 Å². The van der Waals surface area contributed by atoms with Gasteiger partial charge in [0.1, 0.15) is 11.5 Å². The molecule has 0 aromatic carbocycles. The van der Waals surface area contributed by atoms with E-state index in [4.69, 9.17) is 10.8 Å². The minimum atomic E-state index is -0.476. The number of aliphatic hydroxyl groups is 1. The van der Waals surface area contributed by atoms with Crippen molar-refractivity contribution in [1.29, 1.82) is 0 Å². The molecule has 1 aromatic rings. The third-order valence-corrected chi connectivity index (χ3v) is 2.98. The van der Waals surface area contributed by atoms with Crippen molar-refractivity contribution in [3.63, 3.8) is 0 Å². The van der Waals surface area contributed by atoms with Crippen molar-refractivity contribution >= 4 is 11.5 Å². The Kier molecular flexibility index (Phi) is 5.17. The fourth-order valence-electron chi connectivity index (χ4n) is 1.74. The first-order valence-electron chi connectivity index (χ1n) is 6.40. The van der Waals surface area contributed by atoms with Crippen LogP contribution in [0.1, 0.15) is 26.7 Å². The van der Waals surface area contributed by atoms with Crippen molar-refractivity contribution < 1.29 is 5.11 Å².